The van der Waals surface area contributed by atoms with E-state index in [2.05, 4.69) is 0 Å². The van der Waals surface area contributed by atoms with Crippen LogP contribution in [0.25, 0.3) is 0 Å². The van der Waals surface area contributed by atoms with Crippen LogP contribution >= 0.6 is 0 Å². The quantitative estimate of drug-likeness (QED) is 0.794. The molecule has 0 spiro atoms. The lowest BCUT2D eigenvalue weighted by atomic mass is 10.1. The highest BCUT2D eigenvalue weighted by Crippen LogP contribution is 2.20. The molecule has 1 aromatic rings. The number of aliphatic hydroxyl groups is 1. The lowest BCUT2D eigenvalue weighted by Gasteiger charge is -2.20. The van der Waals surface area contributed by atoms with Crippen molar-refractivity contribution in [3.63, 3.8) is 0 Å². The molecule has 0 saturated heterocycles. The maximum atomic E-state index is 12.4. The van der Waals surface area contributed by atoms with Crippen LogP contribution in [0.5, 0.6) is 5.75 Å². The van der Waals surface area contributed by atoms with Crippen molar-refractivity contribution in [3.8, 4) is 5.75 Å². The van der Waals surface area contributed by atoms with Crippen molar-refractivity contribution in [1.29, 1.82) is 0 Å². The first kappa shape index (κ1) is 16.9. The van der Waals surface area contributed by atoms with Crippen LogP contribution in [0.1, 0.15) is 20.3 Å². The molecule has 1 N–H and O–H groups in total. The lowest BCUT2D eigenvalue weighted by molar-refractivity contribution is 0.201. The van der Waals surface area contributed by atoms with Gasteiger partial charge in [-0.3, -0.25) is 0 Å². The molecule has 0 bridgehead atoms. The second-order valence-electron chi connectivity index (χ2n) is 4.84. The fraction of sp³-hybridized carbons (Fsp3) is 0.571. The Hall–Kier alpha value is -1.11. The third-order valence-corrected chi connectivity index (χ3v) is 5.00. The summed E-state index contributed by atoms with van der Waals surface area (Å²) in [5.74, 6) is 0.865. The highest BCUT2D eigenvalue weighted by molar-refractivity contribution is 7.89. The molecule has 0 aliphatic carbocycles. The van der Waals surface area contributed by atoms with E-state index in [0.29, 0.717) is 18.2 Å². The topological polar surface area (TPSA) is 66.8 Å². The van der Waals surface area contributed by atoms with E-state index in [1.807, 2.05) is 13.8 Å². The third kappa shape index (κ3) is 4.47. The number of aliphatic hydroxyl groups excluding tert-OH is 1. The van der Waals surface area contributed by atoms with Gasteiger partial charge in [0, 0.05) is 13.6 Å². The molecule has 0 fully saturated rings. The molecule has 0 aliphatic heterocycles. The van der Waals surface area contributed by atoms with E-state index in [0.717, 1.165) is 6.42 Å². The van der Waals surface area contributed by atoms with Gasteiger partial charge in [0.1, 0.15) is 12.4 Å². The van der Waals surface area contributed by atoms with Gasteiger partial charge in [-0.05, 0) is 30.2 Å². The van der Waals surface area contributed by atoms with Gasteiger partial charge in [0.05, 0.1) is 11.5 Å². The molecular weight excluding hydrogens is 278 g/mol. The first-order valence-electron chi connectivity index (χ1n) is 6.71. The Morgan fingerprint density at radius 3 is 2.40 bits per heavy atom. The summed E-state index contributed by atoms with van der Waals surface area (Å²) in [4.78, 5) is 0.250. The third-order valence-electron chi connectivity index (χ3n) is 3.16. The normalized spacial score (nSPS) is 13.4. The van der Waals surface area contributed by atoms with Crippen LogP contribution in [0.2, 0.25) is 0 Å². The second-order valence-corrected chi connectivity index (χ2v) is 6.89. The van der Waals surface area contributed by atoms with Crippen LogP contribution in [-0.4, -0.2) is 44.6 Å². The monoisotopic (exact) mass is 301 g/mol. The summed E-state index contributed by atoms with van der Waals surface area (Å²) in [5, 5.41) is 8.66. The van der Waals surface area contributed by atoms with E-state index < -0.39 is 10.0 Å². The maximum absolute atomic E-state index is 12.4. The van der Waals surface area contributed by atoms with Gasteiger partial charge in [-0.15, -0.1) is 0 Å². The van der Waals surface area contributed by atoms with Gasteiger partial charge in [-0.25, -0.2) is 12.7 Å². The molecule has 6 heteroatoms. The van der Waals surface area contributed by atoms with Crippen molar-refractivity contribution in [2.75, 3.05) is 26.8 Å². The summed E-state index contributed by atoms with van der Waals surface area (Å²) in [5.41, 5.74) is 0. The van der Waals surface area contributed by atoms with Gasteiger partial charge >= 0.3 is 0 Å². The Morgan fingerprint density at radius 2 is 1.90 bits per heavy atom. The van der Waals surface area contributed by atoms with Gasteiger partial charge in [-0.1, -0.05) is 20.3 Å². The predicted molar refractivity (Wildman–Crippen MR) is 78.3 cm³/mol. The van der Waals surface area contributed by atoms with Gasteiger partial charge < -0.3 is 9.84 Å². The minimum Gasteiger partial charge on any atom is -0.491 e. The molecule has 114 valence electrons. The van der Waals surface area contributed by atoms with E-state index in [1.165, 1.54) is 16.4 Å². The molecule has 1 unspecified atom stereocenters. The van der Waals surface area contributed by atoms with E-state index in [4.69, 9.17) is 9.84 Å². The van der Waals surface area contributed by atoms with Crippen molar-refractivity contribution >= 4 is 10.0 Å². The SMILES string of the molecule is CCC(C)CN(C)S(=O)(=O)c1ccc(OCCO)cc1. The minimum absolute atomic E-state index is 0.0717. The smallest absolute Gasteiger partial charge is 0.242 e. The van der Waals surface area contributed by atoms with E-state index in [1.54, 1.807) is 19.2 Å². The Labute approximate surface area is 121 Å². The first-order valence-corrected chi connectivity index (χ1v) is 8.15. The molecule has 0 heterocycles. The zero-order valence-electron chi connectivity index (χ0n) is 12.2. The number of ether oxygens (including phenoxy) is 1. The predicted octanol–water partition coefficient (Wildman–Crippen LogP) is 1.72. The lowest BCUT2D eigenvalue weighted by Crippen LogP contribution is -2.31. The average molecular weight is 301 g/mol. The molecule has 0 radical (unpaired) electrons. The van der Waals surface area contributed by atoms with Crippen molar-refractivity contribution in [1.82, 2.24) is 4.31 Å². The summed E-state index contributed by atoms with van der Waals surface area (Å²) < 4.78 is 31.3. The van der Waals surface area contributed by atoms with Crippen molar-refractivity contribution in [3.05, 3.63) is 24.3 Å². The zero-order valence-corrected chi connectivity index (χ0v) is 13.1. The van der Waals surface area contributed by atoms with Crippen LogP contribution in [0.3, 0.4) is 0 Å². The standard InChI is InChI=1S/C14H23NO4S/c1-4-12(2)11-15(3)20(17,18)14-7-5-13(6-8-14)19-10-9-16/h5-8,12,16H,4,9-11H2,1-3H3. The van der Waals surface area contributed by atoms with Gasteiger partial charge in [-0.2, -0.15) is 0 Å². The van der Waals surface area contributed by atoms with E-state index in [9.17, 15) is 8.42 Å². The highest BCUT2D eigenvalue weighted by atomic mass is 32.2. The van der Waals surface area contributed by atoms with Gasteiger partial charge in [0.25, 0.3) is 0 Å². The molecule has 0 saturated carbocycles. The maximum Gasteiger partial charge on any atom is 0.242 e. The summed E-state index contributed by atoms with van der Waals surface area (Å²) in [6.45, 7) is 4.69. The number of hydrogen-bond donors (Lipinski definition) is 1. The zero-order chi connectivity index (χ0) is 15.2. The van der Waals surface area contributed by atoms with Crippen LogP contribution in [0, 0.1) is 5.92 Å². The minimum atomic E-state index is -3.45. The summed E-state index contributed by atoms with van der Waals surface area (Å²) in [6, 6.07) is 6.24. The molecule has 1 rings (SSSR count). The van der Waals surface area contributed by atoms with Crippen LogP contribution in [-0.2, 0) is 10.0 Å². The number of sulfonamides is 1. The Kier molecular flexibility index (Phi) is 6.45. The van der Waals surface area contributed by atoms with Crippen LogP contribution in [0.4, 0.5) is 0 Å². The van der Waals surface area contributed by atoms with Crippen molar-refractivity contribution in [2.24, 2.45) is 5.92 Å². The number of rotatable bonds is 8. The van der Waals surface area contributed by atoms with E-state index >= 15 is 0 Å². The van der Waals surface area contributed by atoms with Crippen molar-refractivity contribution in [2.45, 2.75) is 25.2 Å². The Morgan fingerprint density at radius 1 is 1.30 bits per heavy atom. The molecule has 20 heavy (non-hydrogen) atoms. The molecule has 1 aromatic carbocycles. The summed E-state index contributed by atoms with van der Waals surface area (Å²) >= 11 is 0. The van der Waals surface area contributed by atoms with Crippen LogP contribution < -0.4 is 4.74 Å². The van der Waals surface area contributed by atoms with Crippen molar-refractivity contribution < 1.29 is 18.3 Å². The molecule has 5 nitrogen and oxygen atoms in total. The Balaban J connectivity index is 2.81. The molecule has 0 amide bonds. The number of nitrogens with zero attached hydrogens (tertiary/aromatic N) is 1. The molecule has 1 atom stereocenters. The average Bonchev–Trinajstić information content (AvgIpc) is 2.45. The largest absolute Gasteiger partial charge is 0.491 e. The summed E-state index contributed by atoms with van der Waals surface area (Å²) in [6.07, 6.45) is 0.938. The van der Waals surface area contributed by atoms with Crippen LogP contribution in [0.15, 0.2) is 29.2 Å². The second kappa shape index (κ2) is 7.61. The fourth-order valence-corrected chi connectivity index (χ4v) is 3.01. The number of benzene rings is 1. The first-order chi connectivity index (χ1) is 9.41. The van der Waals surface area contributed by atoms with Gasteiger partial charge in [0.2, 0.25) is 10.0 Å². The summed E-state index contributed by atoms with van der Waals surface area (Å²) in [7, 11) is -1.86. The van der Waals surface area contributed by atoms with Gasteiger partial charge in [0.15, 0.2) is 0 Å². The number of hydrogen-bond acceptors (Lipinski definition) is 4. The fourth-order valence-electron chi connectivity index (χ4n) is 1.72. The molecular formula is C14H23NO4S. The Bertz CT molecular complexity index is 498. The van der Waals surface area contributed by atoms with E-state index in [-0.39, 0.29) is 18.1 Å². The highest BCUT2D eigenvalue weighted by Gasteiger charge is 2.21. The molecule has 0 aromatic heterocycles. The molecule has 0 aliphatic rings.